The van der Waals surface area contributed by atoms with Crippen LogP contribution in [0.1, 0.15) is 17.4 Å². The SMILES string of the molecule is CNC(c1cc2cc(F)ccc2o1)c1cc(Br)ccc1Cl. The smallest absolute Gasteiger partial charge is 0.134 e. The minimum atomic E-state index is -0.281. The second-order valence-corrected chi connectivity index (χ2v) is 6.04. The lowest BCUT2D eigenvalue weighted by Crippen LogP contribution is -2.17. The second-order valence-electron chi connectivity index (χ2n) is 4.72. The lowest BCUT2D eigenvalue weighted by molar-refractivity contribution is 0.491. The molecule has 1 atom stereocenters. The van der Waals surface area contributed by atoms with Crippen molar-refractivity contribution in [3.05, 3.63) is 69.1 Å². The first kappa shape index (κ1) is 14.6. The number of nitrogens with one attached hydrogen (secondary N) is 1. The van der Waals surface area contributed by atoms with Crippen LogP contribution in [-0.2, 0) is 0 Å². The molecule has 0 radical (unpaired) electrons. The number of halogens is 3. The van der Waals surface area contributed by atoms with Gasteiger partial charge < -0.3 is 9.73 Å². The molecule has 21 heavy (non-hydrogen) atoms. The van der Waals surface area contributed by atoms with Crippen molar-refractivity contribution in [3.63, 3.8) is 0 Å². The average Bonchev–Trinajstić information content (AvgIpc) is 2.86. The van der Waals surface area contributed by atoms with E-state index in [9.17, 15) is 4.39 Å². The van der Waals surface area contributed by atoms with Crippen LogP contribution in [0.4, 0.5) is 4.39 Å². The molecule has 0 saturated heterocycles. The fourth-order valence-corrected chi connectivity index (χ4v) is 2.97. The molecule has 0 amide bonds. The summed E-state index contributed by atoms with van der Waals surface area (Å²) in [5.41, 5.74) is 1.55. The van der Waals surface area contributed by atoms with Crippen LogP contribution in [0.2, 0.25) is 5.02 Å². The molecule has 0 bridgehead atoms. The van der Waals surface area contributed by atoms with Crippen LogP contribution in [0.25, 0.3) is 11.0 Å². The molecule has 1 aromatic heterocycles. The van der Waals surface area contributed by atoms with Gasteiger partial charge >= 0.3 is 0 Å². The van der Waals surface area contributed by atoms with E-state index in [-0.39, 0.29) is 11.9 Å². The Morgan fingerprint density at radius 2 is 2.00 bits per heavy atom. The fraction of sp³-hybridized carbons (Fsp3) is 0.125. The second kappa shape index (κ2) is 5.79. The molecule has 1 N–H and O–H groups in total. The molecule has 3 aromatic rings. The van der Waals surface area contributed by atoms with E-state index in [1.165, 1.54) is 12.1 Å². The summed E-state index contributed by atoms with van der Waals surface area (Å²) in [6.45, 7) is 0. The first-order chi connectivity index (χ1) is 10.1. The zero-order valence-electron chi connectivity index (χ0n) is 11.2. The predicted octanol–water partition coefficient (Wildman–Crippen LogP) is 5.30. The molecular weight excluding hydrogens is 357 g/mol. The molecule has 0 aliphatic heterocycles. The highest BCUT2D eigenvalue weighted by molar-refractivity contribution is 9.10. The van der Waals surface area contributed by atoms with Gasteiger partial charge in [-0.15, -0.1) is 0 Å². The maximum absolute atomic E-state index is 13.3. The monoisotopic (exact) mass is 367 g/mol. The van der Waals surface area contributed by atoms with Crippen molar-refractivity contribution in [2.24, 2.45) is 0 Å². The van der Waals surface area contributed by atoms with E-state index in [0.717, 1.165) is 15.4 Å². The van der Waals surface area contributed by atoms with Crippen LogP contribution in [0.15, 0.2) is 51.4 Å². The summed E-state index contributed by atoms with van der Waals surface area (Å²) in [6, 6.07) is 11.7. The summed E-state index contributed by atoms with van der Waals surface area (Å²) in [4.78, 5) is 0. The molecular formula is C16H12BrClFNO. The highest BCUT2D eigenvalue weighted by atomic mass is 79.9. The van der Waals surface area contributed by atoms with E-state index in [2.05, 4.69) is 21.2 Å². The third-order valence-electron chi connectivity index (χ3n) is 3.34. The van der Waals surface area contributed by atoms with Crippen molar-refractivity contribution in [3.8, 4) is 0 Å². The van der Waals surface area contributed by atoms with Gasteiger partial charge in [0.2, 0.25) is 0 Å². The Hall–Kier alpha value is -1.36. The van der Waals surface area contributed by atoms with Crippen LogP contribution in [0, 0.1) is 5.82 Å². The Labute approximate surface area is 135 Å². The lowest BCUT2D eigenvalue weighted by atomic mass is 10.0. The summed E-state index contributed by atoms with van der Waals surface area (Å²) < 4.78 is 20.0. The average molecular weight is 369 g/mol. The topological polar surface area (TPSA) is 25.2 Å². The Kier molecular flexibility index (Phi) is 4.02. The minimum Gasteiger partial charge on any atom is -0.459 e. The van der Waals surface area contributed by atoms with Crippen molar-refractivity contribution in [1.29, 1.82) is 0 Å². The standard InChI is InChI=1S/C16H12BrClFNO/c1-20-16(12-8-10(17)2-4-13(12)18)15-7-9-6-11(19)3-5-14(9)21-15/h2-8,16,20H,1H3. The Morgan fingerprint density at radius 1 is 1.19 bits per heavy atom. The van der Waals surface area contributed by atoms with Crippen LogP contribution >= 0.6 is 27.5 Å². The molecule has 5 heteroatoms. The van der Waals surface area contributed by atoms with E-state index in [4.69, 9.17) is 16.0 Å². The highest BCUT2D eigenvalue weighted by Gasteiger charge is 2.20. The van der Waals surface area contributed by atoms with Crippen LogP contribution in [0.3, 0.4) is 0 Å². The molecule has 2 aromatic carbocycles. The number of fused-ring (bicyclic) bond motifs is 1. The van der Waals surface area contributed by atoms with E-state index in [1.807, 2.05) is 31.3 Å². The molecule has 3 rings (SSSR count). The van der Waals surface area contributed by atoms with Gasteiger partial charge in [-0.05, 0) is 55.1 Å². The van der Waals surface area contributed by atoms with Gasteiger partial charge in [-0.25, -0.2) is 4.39 Å². The van der Waals surface area contributed by atoms with Crippen molar-refractivity contribution >= 4 is 38.5 Å². The van der Waals surface area contributed by atoms with E-state index < -0.39 is 0 Å². The maximum Gasteiger partial charge on any atom is 0.134 e. The fourth-order valence-electron chi connectivity index (χ4n) is 2.36. The molecule has 0 fully saturated rings. The van der Waals surface area contributed by atoms with Crippen molar-refractivity contribution in [2.45, 2.75) is 6.04 Å². The summed E-state index contributed by atoms with van der Waals surface area (Å²) in [5.74, 6) is 0.412. The summed E-state index contributed by atoms with van der Waals surface area (Å²) in [5, 5.41) is 4.56. The van der Waals surface area contributed by atoms with Gasteiger partial charge in [0.05, 0.1) is 6.04 Å². The van der Waals surface area contributed by atoms with Crippen LogP contribution < -0.4 is 5.32 Å². The van der Waals surface area contributed by atoms with E-state index in [1.54, 1.807) is 6.07 Å². The molecule has 0 aliphatic carbocycles. The third kappa shape index (κ3) is 2.84. The van der Waals surface area contributed by atoms with Gasteiger partial charge in [0.15, 0.2) is 0 Å². The first-order valence-electron chi connectivity index (χ1n) is 6.39. The quantitative estimate of drug-likeness (QED) is 0.679. The van der Waals surface area contributed by atoms with Gasteiger partial charge in [-0.3, -0.25) is 0 Å². The molecule has 108 valence electrons. The Morgan fingerprint density at radius 3 is 2.76 bits per heavy atom. The van der Waals surface area contributed by atoms with Crippen molar-refractivity contribution in [1.82, 2.24) is 5.32 Å². The molecule has 0 spiro atoms. The highest BCUT2D eigenvalue weighted by Crippen LogP contribution is 2.33. The maximum atomic E-state index is 13.3. The summed E-state index contributed by atoms with van der Waals surface area (Å²) >= 11 is 9.72. The van der Waals surface area contributed by atoms with Crippen LogP contribution in [-0.4, -0.2) is 7.05 Å². The van der Waals surface area contributed by atoms with E-state index >= 15 is 0 Å². The molecule has 1 unspecified atom stereocenters. The van der Waals surface area contributed by atoms with Gasteiger partial charge in [0, 0.05) is 14.9 Å². The Balaban J connectivity index is 2.11. The molecule has 1 heterocycles. The minimum absolute atomic E-state index is 0.203. The third-order valence-corrected chi connectivity index (χ3v) is 4.18. The van der Waals surface area contributed by atoms with E-state index in [0.29, 0.717) is 16.4 Å². The number of furan rings is 1. The molecule has 0 saturated carbocycles. The van der Waals surface area contributed by atoms with Crippen molar-refractivity contribution < 1.29 is 8.81 Å². The molecule has 0 aliphatic rings. The van der Waals surface area contributed by atoms with Crippen molar-refractivity contribution in [2.75, 3.05) is 7.05 Å². The number of benzene rings is 2. The van der Waals surface area contributed by atoms with Gasteiger partial charge in [-0.1, -0.05) is 27.5 Å². The number of hydrogen-bond donors (Lipinski definition) is 1. The summed E-state index contributed by atoms with van der Waals surface area (Å²) in [7, 11) is 1.83. The van der Waals surface area contributed by atoms with Crippen LogP contribution in [0.5, 0.6) is 0 Å². The zero-order valence-corrected chi connectivity index (χ0v) is 13.5. The first-order valence-corrected chi connectivity index (χ1v) is 7.57. The van der Waals surface area contributed by atoms with Gasteiger partial charge in [0.1, 0.15) is 17.2 Å². The van der Waals surface area contributed by atoms with Gasteiger partial charge in [-0.2, -0.15) is 0 Å². The predicted molar refractivity (Wildman–Crippen MR) is 86.2 cm³/mol. The normalized spacial score (nSPS) is 12.8. The largest absolute Gasteiger partial charge is 0.459 e. The Bertz CT molecular complexity index is 802. The number of rotatable bonds is 3. The van der Waals surface area contributed by atoms with Gasteiger partial charge in [0.25, 0.3) is 0 Å². The lowest BCUT2D eigenvalue weighted by Gasteiger charge is -2.16. The number of hydrogen-bond acceptors (Lipinski definition) is 2. The molecule has 2 nitrogen and oxygen atoms in total. The summed E-state index contributed by atoms with van der Waals surface area (Å²) in [6.07, 6.45) is 0. The zero-order chi connectivity index (χ0) is 15.0.